The van der Waals surface area contributed by atoms with Gasteiger partial charge in [-0.15, -0.1) is 0 Å². The van der Waals surface area contributed by atoms with Gasteiger partial charge in [0.05, 0.1) is 19.2 Å². The van der Waals surface area contributed by atoms with Gasteiger partial charge in [0.25, 0.3) is 6.43 Å². The molecule has 0 aliphatic heterocycles. The molecule has 0 aliphatic carbocycles. The van der Waals surface area contributed by atoms with Crippen molar-refractivity contribution in [3.05, 3.63) is 24.6 Å². The van der Waals surface area contributed by atoms with Gasteiger partial charge < -0.3 is 4.74 Å². The molecule has 0 fully saturated rings. The van der Waals surface area contributed by atoms with E-state index < -0.39 is 12.4 Å². The van der Waals surface area contributed by atoms with Gasteiger partial charge in [0, 0.05) is 7.14 Å². The zero-order valence-electron chi connectivity index (χ0n) is 8.14. The van der Waals surface area contributed by atoms with E-state index in [1.165, 1.54) is 13.2 Å². The van der Waals surface area contributed by atoms with Gasteiger partial charge in [-0.1, -0.05) is 0 Å². The average molecular weight is 453 g/mol. The number of aromatic nitrogens is 1. The predicted molar refractivity (Wildman–Crippen MR) is 70.3 cm³/mol. The lowest BCUT2D eigenvalue weighted by molar-refractivity contribution is -0.139. The van der Waals surface area contributed by atoms with Crippen molar-refractivity contribution < 1.29 is 18.3 Å². The minimum Gasteiger partial charge on any atom is -0.469 e. The number of hydrogen-bond donors (Lipinski definition) is 0. The molecule has 0 aliphatic rings. The number of nitrogens with zero attached hydrogens (tertiary/aromatic N) is 1. The Morgan fingerprint density at radius 3 is 2.69 bits per heavy atom. The number of methoxy groups -OCH3 is 1. The number of hydrogen-bond acceptors (Lipinski definition) is 3. The van der Waals surface area contributed by atoms with Gasteiger partial charge in [-0.05, 0) is 51.2 Å². The van der Waals surface area contributed by atoms with Crippen LogP contribution in [0, 0.1) is 7.14 Å². The highest BCUT2D eigenvalue weighted by Gasteiger charge is 2.17. The minimum absolute atomic E-state index is 0.0919. The molecule has 88 valence electrons. The number of esters is 1. The zero-order chi connectivity index (χ0) is 12.3. The van der Waals surface area contributed by atoms with Crippen LogP contribution in [0.15, 0.2) is 6.07 Å². The van der Waals surface area contributed by atoms with Gasteiger partial charge in [0.2, 0.25) is 0 Å². The Kier molecular flexibility index (Phi) is 5.28. The third-order valence-corrected chi connectivity index (χ3v) is 4.85. The normalized spacial score (nSPS) is 10.6. The summed E-state index contributed by atoms with van der Waals surface area (Å²) in [5.41, 5.74) is 0.0124. The van der Waals surface area contributed by atoms with Crippen molar-refractivity contribution >= 4 is 51.2 Å². The number of halogens is 4. The van der Waals surface area contributed by atoms with Crippen LogP contribution >= 0.6 is 45.2 Å². The van der Waals surface area contributed by atoms with Crippen molar-refractivity contribution in [1.29, 1.82) is 0 Å². The summed E-state index contributed by atoms with van der Waals surface area (Å²) in [4.78, 5) is 14.8. The molecule has 1 aromatic heterocycles. The molecule has 3 nitrogen and oxygen atoms in total. The van der Waals surface area contributed by atoms with E-state index in [-0.39, 0.29) is 12.1 Å². The van der Waals surface area contributed by atoms with Gasteiger partial charge in [0.15, 0.2) is 0 Å². The Balaban J connectivity index is 3.11. The lowest BCUT2D eigenvalue weighted by Crippen LogP contribution is -2.10. The first-order chi connectivity index (χ1) is 7.45. The smallest absolute Gasteiger partial charge is 0.311 e. The van der Waals surface area contributed by atoms with Crippen LogP contribution in [0.1, 0.15) is 17.8 Å². The van der Waals surface area contributed by atoms with E-state index in [1.807, 2.05) is 45.2 Å². The molecule has 16 heavy (non-hydrogen) atoms. The molecule has 0 saturated carbocycles. The monoisotopic (exact) mass is 453 g/mol. The second kappa shape index (κ2) is 6.03. The summed E-state index contributed by atoms with van der Waals surface area (Å²) in [5, 5.41) is 0. The molecule has 0 radical (unpaired) electrons. The predicted octanol–water partition coefficient (Wildman–Crippen LogP) is 2.94. The van der Waals surface area contributed by atoms with Crippen LogP contribution in [0.4, 0.5) is 8.78 Å². The third kappa shape index (κ3) is 3.47. The molecule has 0 bridgehead atoms. The first-order valence-corrected chi connectivity index (χ1v) is 6.31. The summed E-state index contributed by atoms with van der Waals surface area (Å²) in [7, 11) is 1.25. The minimum atomic E-state index is -2.64. The van der Waals surface area contributed by atoms with Crippen LogP contribution in [-0.4, -0.2) is 18.1 Å². The molecule has 0 saturated heterocycles. The number of rotatable bonds is 3. The summed E-state index contributed by atoms with van der Waals surface area (Å²) >= 11 is 3.91. The van der Waals surface area contributed by atoms with E-state index in [9.17, 15) is 13.6 Å². The summed E-state index contributed by atoms with van der Waals surface area (Å²) in [5.74, 6) is -0.493. The second-order valence-corrected chi connectivity index (χ2v) is 5.08. The summed E-state index contributed by atoms with van der Waals surface area (Å²) in [6, 6.07) is 1.31. The van der Waals surface area contributed by atoms with Gasteiger partial charge in [-0.3, -0.25) is 9.78 Å². The number of alkyl halides is 2. The highest BCUT2D eigenvalue weighted by atomic mass is 127. The van der Waals surface area contributed by atoms with Crippen molar-refractivity contribution in [2.75, 3.05) is 7.11 Å². The first-order valence-electron chi connectivity index (χ1n) is 4.15. The Labute approximate surface area is 118 Å². The Morgan fingerprint density at radius 2 is 2.19 bits per heavy atom. The van der Waals surface area contributed by atoms with E-state index in [0.29, 0.717) is 12.8 Å². The van der Waals surface area contributed by atoms with Crippen molar-refractivity contribution in [1.82, 2.24) is 4.98 Å². The molecule has 1 heterocycles. The standard InChI is InChI=1S/C9H7F2I2NO2/c1-16-7(15)3-5-8(13)4(12)2-6(14-5)9(10)11/h2,9H,3H2,1H3. The third-order valence-electron chi connectivity index (χ3n) is 1.76. The van der Waals surface area contributed by atoms with Crippen LogP contribution < -0.4 is 0 Å². The van der Waals surface area contributed by atoms with E-state index >= 15 is 0 Å². The Hall–Kier alpha value is -0.0600. The van der Waals surface area contributed by atoms with Crippen molar-refractivity contribution in [3.63, 3.8) is 0 Å². The number of carbonyl (C=O) groups is 1. The lowest BCUT2D eigenvalue weighted by Gasteiger charge is -2.07. The maximum atomic E-state index is 12.5. The fourth-order valence-corrected chi connectivity index (χ4v) is 2.10. The molecule has 7 heteroatoms. The maximum absolute atomic E-state index is 12.5. The van der Waals surface area contributed by atoms with Crippen LogP contribution in [0.2, 0.25) is 0 Å². The molecule has 0 N–H and O–H groups in total. The van der Waals surface area contributed by atoms with Gasteiger partial charge >= 0.3 is 5.97 Å². The summed E-state index contributed by atoms with van der Waals surface area (Å²) in [6.07, 6.45) is -2.73. The lowest BCUT2D eigenvalue weighted by atomic mass is 10.2. The molecular weight excluding hydrogens is 446 g/mol. The fourth-order valence-electron chi connectivity index (χ4n) is 1.01. The van der Waals surface area contributed by atoms with Crippen molar-refractivity contribution in [3.8, 4) is 0 Å². The number of pyridine rings is 1. The van der Waals surface area contributed by atoms with Gasteiger partial charge in [-0.25, -0.2) is 8.78 Å². The molecular formula is C9H7F2I2NO2. The molecule has 1 aromatic rings. The quantitative estimate of drug-likeness (QED) is 0.523. The van der Waals surface area contributed by atoms with Crippen LogP contribution in [0.3, 0.4) is 0 Å². The maximum Gasteiger partial charge on any atom is 0.311 e. The Bertz CT molecular complexity index is 413. The van der Waals surface area contributed by atoms with Crippen molar-refractivity contribution in [2.24, 2.45) is 0 Å². The van der Waals surface area contributed by atoms with E-state index in [2.05, 4.69) is 9.72 Å². The van der Waals surface area contributed by atoms with E-state index in [0.717, 1.165) is 0 Å². The highest BCUT2D eigenvalue weighted by molar-refractivity contribution is 14.1. The number of ether oxygens (including phenoxy) is 1. The summed E-state index contributed by atoms with van der Waals surface area (Å²) < 4.78 is 30.8. The largest absolute Gasteiger partial charge is 0.469 e. The van der Waals surface area contributed by atoms with Crippen LogP contribution in [0.5, 0.6) is 0 Å². The van der Waals surface area contributed by atoms with Gasteiger partial charge in [-0.2, -0.15) is 0 Å². The topological polar surface area (TPSA) is 39.2 Å². The zero-order valence-corrected chi connectivity index (χ0v) is 12.5. The molecule has 0 atom stereocenters. The first kappa shape index (κ1) is 14.0. The molecule has 0 spiro atoms. The number of carbonyl (C=O) groups excluding carboxylic acids is 1. The molecule has 0 aromatic carbocycles. The SMILES string of the molecule is COC(=O)Cc1nc(C(F)F)cc(I)c1I. The summed E-state index contributed by atoms with van der Waals surface area (Å²) in [6.45, 7) is 0. The molecule has 0 unspecified atom stereocenters. The average Bonchev–Trinajstić information content (AvgIpc) is 2.23. The second-order valence-electron chi connectivity index (χ2n) is 2.84. The molecule has 0 amide bonds. The van der Waals surface area contributed by atoms with Crippen LogP contribution in [0.25, 0.3) is 0 Å². The van der Waals surface area contributed by atoms with Crippen molar-refractivity contribution in [2.45, 2.75) is 12.8 Å². The van der Waals surface area contributed by atoms with E-state index in [4.69, 9.17) is 0 Å². The van der Waals surface area contributed by atoms with Crippen LogP contribution in [-0.2, 0) is 16.0 Å². The molecule has 1 rings (SSSR count). The fraction of sp³-hybridized carbons (Fsp3) is 0.333. The van der Waals surface area contributed by atoms with Gasteiger partial charge in [0.1, 0.15) is 5.69 Å². The Morgan fingerprint density at radius 1 is 1.56 bits per heavy atom. The highest BCUT2D eigenvalue weighted by Crippen LogP contribution is 2.24. The van der Waals surface area contributed by atoms with E-state index in [1.54, 1.807) is 0 Å².